The van der Waals surface area contributed by atoms with Crippen LogP contribution in [0.5, 0.6) is 0 Å². The van der Waals surface area contributed by atoms with Crippen LogP contribution in [-0.4, -0.2) is 26.7 Å². The van der Waals surface area contributed by atoms with Crippen LogP contribution in [0.1, 0.15) is 18.9 Å². The summed E-state index contributed by atoms with van der Waals surface area (Å²) in [6.45, 7) is 0.917. The molecule has 1 unspecified atom stereocenters. The summed E-state index contributed by atoms with van der Waals surface area (Å²) >= 11 is 0. The molecule has 0 amide bonds. The lowest BCUT2D eigenvalue weighted by Gasteiger charge is -2.36. The monoisotopic (exact) mass is 379 g/mol. The van der Waals surface area contributed by atoms with Gasteiger partial charge < -0.3 is 0 Å². The maximum atomic E-state index is 13.4. The molecule has 0 N–H and O–H groups in total. The summed E-state index contributed by atoms with van der Waals surface area (Å²) in [6, 6.07) is 6.48. The normalized spacial score (nSPS) is 23.9. The Morgan fingerprint density at radius 3 is 1.68 bits per heavy atom. The third kappa shape index (κ3) is 2.15. The van der Waals surface area contributed by atoms with Crippen LogP contribution >= 0.6 is 0 Å². The molecule has 3 rings (SSSR count). The van der Waals surface area contributed by atoms with Gasteiger partial charge in [0.25, 0.3) is 5.54 Å². The van der Waals surface area contributed by atoms with Gasteiger partial charge in [-0.1, -0.05) is 35.1 Å². The molecule has 0 spiro atoms. The van der Waals surface area contributed by atoms with Gasteiger partial charge in [0.1, 0.15) is 5.54 Å². The van der Waals surface area contributed by atoms with Crippen LogP contribution in [0.3, 0.4) is 0 Å². The van der Waals surface area contributed by atoms with Crippen LogP contribution in [0.2, 0.25) is 0 Å². The molecule has 25 heavy (non-hydrogen) atoms. The van der Waals surface area contributed by atoms with E-state index in [-0.39, 0.29) is 10.4 Å². The van der Waals surface area contributed by atoms with E-state index in [1.807, 2.05) is 0 Å². The minimum atomic E-state index is -5.98. The molecule has 0 saturated carbocycles. The Hall–Kier alpha value is -2.01. The minimum absolute atomic E-state index is 0.0245. The summed E-state index contributed by atoms with van der Waals surface area (Å²) < 4.78 is 120. The predicted molar refractivity (Wildman–Crippen MR) is 65.6 cm³/mol. The molecular weight excluding hydrogens is 369 g/mol. The smallest absolute Gasteiger partial charge is 0.174 e. The minimum Gasteiger partial charge on any atom is -0.174 e. The largest absolute Gasteiger partial charge is 0.520 e. The first kappa shape index (κ1) is 17.8. The van der Waals surface area contributed by atoms with Crippen molar-refractivity contribution in [2.45, 2.75) is 43.1 Å². The second-order valence-corrected chi connectivity index (χ2v) is 6.01. The van der Waals surface area contributed by atoms with E-state index in [1.165, 1.54) is 30.3 Å². The van der Waals surface area contributed by atoms with Gasteiger partial charge in [-0.25, -0.2) is 0 Å². The summed E-state index contributed by atoms with van der Waals surface area (Å²) in [4.78, 5) is -1.74. The molecule has 3 nitrogen and oxygen atoms in total. The topological polar surface area (TPSA) is 14.8 Å². The van der Waals surface area contributed by atoms with E-state index in [0.29, 0.717) is 0 Å². The zero-order valence-corrected chi connectivity index (χ0v) is 12.3. The first-order valence-electron chi connectivity index (χ1n) is 6.84. The van der Waals surface area contributed by atoms with Gasteiger partial charge in [-0.3, -0.25) is 0 Å². The first-order chi connectivity index (χ1) is 11.2. The van der Waals surface area contributed by atoms with Crippen molar-refractivity contribution in [3.05, 3.63) is 35.9 Å². The van der Waals surface area contributed by atoms with E-state index in [9.17, 15) is 39.5 Å². The van der Waals surface area contributed by atoms with Crippen LogP contribution in [0.25, 0.3) is 0 Å². The third-order valence-electron chi connectivity index (χ3n) is 4.45. The fourth-order valence-electron chi connectivity index (χ4n) is 3.33. The number of aromatic nitrogens is 3. The summed E-state index contributed by atoms with van der Waals surface area (Å²) in [5.74, 6) is 0. The number of nitrogens with zero attached hydrogens (tertiary/aromatic N) is 3. The number of hydrogen-bond donors (Lipinski definition) is 0. The van der Waals surface area contributed by atoms with Crippen LogP contribution in [-0.2, 0) is 17.4 Å². The Bertz CT molecular complexity index is 757. The van der Waals surface area contributed by atoms with E-state index < -0.39 is 45.7 Å². The molecule has 140 valence electrons. The predicted octanol–water partition coefficient (Wildman–Crippen LogP) is 4.55. The second kappa shape index (κ2) is 4.58. The average molecular weight is 379 g/mol. The molecule has 1 aromatic carbocycles. The van der Waals surface area contributed by atoms with Crippen molar-refractivity contribution in [2.75, 3.05) is 0 Å². The molecule has 2 heterocycles. The lowest BCUT2D eigenvalue weighted by atomic mass is 9.80. The van der Waals surface area contributed by atoms with Gasteiger partial charge in [-0.2, -0.15) is 35.9 Å². The van der Waals surface area contributed by atoms with E-state index in [1.54, 1.807) is 0 Å². The first-order valence-corrected chi connectivity index (χ1v) is 6.84. The second-order valence-electron chi connectivity index (χ2n) is 6.01. The zero-order chi connectivity index (χ0) is 19.1. The number of fused-ring (bicyclic) bond motifs is 1. The van der Waals surface area contributed by atoms with Crippen molar-refractivity contribution in [1.82, 2.24) is 14.4 Å². The number of alkyl halides is 9. The Balaban J connectivity index is 2.30. The number of benzene rings is 1. The highest BCUT2D eigenvalue weighted by Crippen LogP contribution is 2.62. The quantitative estimate of drug-likeness (QED) is 0.646. The highest BCUT2D eigenvalue weighted by Gasteiger charge is 2.82. The van der Waals surface area contributed by atoms with E-state index in [4.69, 9.17) is 0 Å². The SMILES string of the molecule is CC1(c2ccccc2)CC(C(F)(F)F)(C(F)(F)F)n2n(C(F)(F)F)n21. The average Bonchev–Trinajstić information content (AvgIpc) is 3.13. The molecule has 0 bridgehead atoms. The molecule has 0 aliphatic carbocycles. The van der Waals surface area contributed by atoms with Crippen molar-refractivity contribution < 1.29 is 39.5 Å². The highest BCUT2D eigenvalue weighted by atomic mass is 19.4. The maximum absolute atomic E-state index is 13.4. The van der Waals surface area contributed by atoms with Gasteiger partial charge in [0.2, 0.25) is 0 Å². The Labute approximate surface area is 134 Å². The zero-order valence-electron chi connectivity index (χ0n) is 12.3. The maximum Gasteiger partial charge on any atom is 0.520 e. The summed E-state index contributed by atoms with van der Waals surface area (Å²) in [5.41, 5.74) is -6.94. The molecule has 0 saturated heterocycles. The van der Waals surface area contributed by atoms with Gasteiger partial charge >= 0.3 is 18.7 Å². The number of rotatable bonds is 1. The lowest BCUT2D eigenvalue weighted by molar-refractivity contribution is -0.336. The fourth-order valence-corrected chi connectivity index (χ4v) is 3.33. The van der Waals surface area contributed by atoms with E-state index in [0.717, 1.165) is 6.92 Å². The van der Waals surface area contributed by atoms with Crippen LogP contribution in [0.4, 0.5) is 39.5 Å². The van der Waals surface area contributed by atoms with Gasteiger partial charge in [-0.05, 0) is 12.5 Å². The molecule has 0 fully saturated rings. The van der Waals surface area contributed by atoms with Crippen LogP contribution in [0.15, 0.2) is 30.3 Å². The Morgan fingerprint density at radius 1 is 0.800 bits per heavy atom. The van der Waals surface area contributed by atoms with Gasteiger partial charge in [0.05, 0.1) is 0 Å². The number of halogens is 9. The van der Waals surface area contributed by atoms with Crippen molar-refractivity contribution in [3.63, 3.8) is 0 Å². The van der Waals surface area contributed by atoms with E-state index in [2.05, 4.69) is 0 Å². The number of hydrogen-bond acceptors (Lipinski definition) is 0. The molecule has 1 atom stereocenters. The van der Waals surface area contributed by atoms with Gasteiger partial charge in [0, 0.05) is 6.42 Å². The summed E-state index contributed by atoms with van der Waals surface area (Å²) in [6.07, 6.45) is -19.0. The lowest BCUT2D eigenvalue weighted by Crippen LogP contribution is -2.58. The van der Waals surface area contributed by atoms with Crippen molar-refractivity contribution in [3.8, 4) is 0 Å². The van der Waals surface area contributed by atoms with Crippen molar-refractivity contribution in [1.29, 1.82) is 0 Å². The van der Waals surface area contributed by atoms with Gasteiger partial charge in [0.15, 0.2) is 0 Å². The molecule has 12 heteroatoms. The van der Waals surface area contributed by atoms with Crippen LogP contribution < -0.4 is 0 Å². The molecular formula is C13H10F9N3. The molecule has 1 aromatic heterocycles. The molecule has 1 aliphatic rings. The molecule has 1 aliphatic heterocycles. The molecule has 2 aromatic rings. The highest BCUT2D eigenvalue weighted by molar-refractivity contribution is 5.29. The fraction of sp³-hybridized carbons (Fsp3) is 0.538. The molecule has 0 radical (unpaired) electrons. The van der Waals surface area contributed by atoms with Crippen molar-refractivity contribution >= 4 is 0 Å². The van der Waals surface area contributed by atoms with E-state index >= 15 is 0 Å². The Morgan fingerprint density at radius 2 is 1.28 bits per heavy atom. The van der Waals surface area contributed by atoms with Crippen LogP contribution in [0, 0.1) is 0 Å². The van der Waals surface area contributed by atoms with Gasteiger partial charge in [-0.15, -0.1) is 13.2 Å². The Kier molecular flexibility index (Phi) is 3.26. The summed E-state index contributed by atoms with van der Waals surface area (Å²) in [5, 5.41) is 0. The van der Waals surface area contributed by atoms with Crippen molar-refractivity contribution in [2.24, 2.45) is 0 Å². The standard InChI is InChI=1S/C13H10F9N3/c1-9(8-5-3-2-4-6-8)7-10(11(14,15)16,12(17,18)19)24-23(9)25(24)13(20,21)22/h2-6H,7H2,1H3. The summed E-state index contributed by atoms with van der Waals surface area (Å²) in [7, 11) is 0. The third-order valence-corrected chi connectivity index (χ3v) is 4.45.